The number of carbonyl (C=O) groups is 1. The summed E-state index contributed by atoms with van der Waals surface area (Å²) in [5, 5.41) is 7.22. The van der Waals surface area contributed by atoms with Crippen molar-refractivity contribution < 1.29 is 4.79 Å². The number of hydrogen-bond acceptors (Lipinski definition) is 3. The number of pyridine rings is 1. The van der Waals surface area contributed by atoms with Crippen molar-refractivity contribution >= 4 is 28.9 Å². The van der Waals surface area contributed by atoms with Crippen LogP contribution >= 0.6 is 12.2 Å². The highest BCUT2D eigenvalue weighted by Crippen LogP contribution is 2.40. The maximum absolute atomic E-state index is 12.9. The van der Waals surface area contributed by atoms with Gasteiger partial charge in [0.1, 0.15) is 0 Å². The average Bonchev–Trinajstić information content (AvgIpc) is 3.29. The highest BCUT2D eigenvalue weighted by atomic mass is 32.1. The SMILES string of the molecule is CCn1c(C)cc([C@H]2[C@H](c3ccccn3)NC(=S)N2CCC(=O)Nc2cc(C)ccc2C)c1C. The first kappa shape index (κ1) is 24.0. The van der Waals surface area contributed by atoms with E-state index in [4.69, 9.17) is 12.2 Å². The molecule has 3 heterocycles. The summed E-state index contributed by atoms with van der Waals surface area (Å²) in [6, 6.07) is 14.2. The van der Waals surface area contributed by atoms with Crippen LogP contribution in [0.1, 0.15) is 59.2 Å². The molecule has 1 aromatic carbocycles. The van der Waals surface area contributed by atoms with Crippen LogP contribution in [0.25, 0.3) is 0 Å². The molecule has 178 valence electrons. The minimum Gasteiger partial charge on any atom is -0.352 e. The van der Waals surface area contributed by atoms with Gasteiger partial charge in [-0.2, -0.15) is 0 Å². The Morgan fingerprint density at radius 3 is 2.62 bits per heavy atom. The number of nitrogens with zero attached hydrogens (tertiary/aromatic N) is 3. The molecule has 0 radical (unpaired) electrons. The molecule has 0 unspecified atom stereocenters. The molecule has 34 heavy (non-hydrogen) atoms. The molecule has 6 nitrogen and oxygen atoms in total. The fraction of sp³-hybridized carbons (Fsp3) is 0.370. The molecule has 7 heteroatoms. The lowest BCUT2D eigenvalue weighted by molar-refractivity contribution is -0.116. The third kappa shape index (κ3) is 4.71. The van der Waals surface area contributed by atoms with Crippen LogP contribution in [0.15, 0.2) is 48.7 Å². The topological polar surface area (TPSA) is 62.2 Å². The Labute approximate surface area is 207 Å². The second kappa shape index (κ2) is 9.97. The minimum absolute atomic E-state index is 0.0180. The number of amides is 1. The van der Waals surface area contributed by atoms with Crippen LogP contribution in [-0.4, -0.2) is 32.0 Å². The molecule has 2 atom stereocenters. The summed E-state index contributed by atoms with van der Waals surface area (Å²) >= 11 is 5.77. The summed E-state index contributed by atoms with van der Waals surface area (Å²) in [6.07, 6.45) is 2.15. The van der Waals surface area contributed by atoms with E-state index >= 15 is 0 Å². The van der Waals surface area contributed by atoms with Crippen molar-refractivity contribution in [3.63, 3.8) is 0 Å². The Morgan fingerprint density at radius 2 is 1.94 bits per heavy atom. The van der Waals surface area contributed by atoms with E-state index in [1.807, 2.05) is 50.4 Å². The van der Waals surface area contributed by atoms with Gasteiger partial charge in [-0.25, -0.2) is 0 Å². The zero-order valence-electron chi connectivity index (χ0n) is 20.6. The van der Waals surface area contributed by atoms with Crippen molar-refractivity contribution in [2.24, 2.45) is 0 Å². The zero-order chi connectivity index (χ0) is 24.4. The van der Waals surface area contributed by atoms with E-state index in [1.165, 1.54) is 17.0 Å². The number of thiocarbonyl (C=S) groups is 1. The Morgan fingerprint density at radius 1 is 1.15 bits per heavy atom. The summed E-state index contributed by atoms with van der Waals surface area (Å²) in [4.78, 5) is 19.7. The molecular formula is C27H33N5OS. The number of anilines is 1. The molecule has 0 bridgehead atoms. The molecular weight excluding hydrogens is 442 g/mol. The summed E-state index contributed by atoms with van der Waals surface area (Å²) < 4.78 is 2.32. The Bertz CT molecular complexity index is 1200. The lowest BCUT2D eigenvalue weighted by atomic mass is 9.96. The average molecular weight is 476 g/mol. The number of aromatic nitrogens is 2. The van der Waals surface area contributed by atoms with Crippen LogP contribution in [0.2, 0.25) is 0 Å². The molecule has 0 aliphatic carbocycles. The van der Waals surface area contributed by atoms with E-state index in [-0.39, 0.29) is 18.0 Å². The second-order valence-electron chi connectivity index (χ2n) is 9.01. The molecule has 2 aromatic heterocycles. The third-order valence-corrected chi connectivity index (χ3v) is 7.04. The summed E-state index contributed by atoms with van der Waals surface area (Å²) in [6.45, 7) is 11.9. The lowest BCUT2D eigenvalue weighted by Crippen LogP contribution is -2.33. The fourth-order valence-electron chi connectivity index (χ4n) is 4.90. The van der Waals surface area contributed by atoms with E-state index in [0.29, 0.717) is 18.1 Å². The summed E-state index contributed by atoms with van der Waals surface area (Å²) in [5.41, 5.74) is 7.65. The Hall–Kier alpha value is -3.19. The van der Waals surface area contributed by atoms with Crippen molar-refractivity contribution in [2.75, 3.05) is 11.9 Å². The second-order valence-corrected chi connectivity index (χ2v) is 9.39. The number of benzene rings is 1. The first-order valence-corrected chi connectivity index (χ1v) is 12.2. The van der Waals surface area contributed by atoms with Gasteiger partial charge in [-0.15, -0.1) is 0 Å². The van der Waals surface area contributed by atoms with E-state index < -0.39 is 0 Å². The van der Waals surface area contributed by atoms with Gasteiger partial charge in [-0.05, 0) is 87.8 Å². The predicted molar refractivity (Wildman–Crippen MR) is 141 cm³/mol. The first-order chi connectivity index (χ1) is 16.3. The maximum Gasteiger partial charge on any atom is 0.226 e. The third-order valence-electron chi connectivity index (χ3n) is 6.69. The quantitative estimate of drug-likeness (QED) is 0.464. The number of hydrogen-bond donors (Lipinski definition) is 2. The smallest absolute Gasteiger partial charge is 0.226 e. The van der Waals surface area contributed by atoms with Gasteiger partial charge in [0.05, 0.1) is 17.8 Å². The largest absolute Gasteiger partial charge is 0.352 e. The molecule has 1 aliphatic rings. The van der Waals surface area contributed by atoms with Crippen molar-refractivity contribution in [1.82, 2.24) is 19.8 Å². The van der Waals surface area contributed by atoms with Crippen LogP contribution in [0, 0.1) is 27.7 Å². The lowest BCUT2D eigenvalue weighted by Gasteiger charge is -2.28. The minimum atomic E-state index is -0.0819. The molecule has 1 saturated heterocycles. The van der Waals surface area contributed by atoms with Crippen LogP contribution in [0.3, 0.4) is 0 Å². The highest BCUT2D eigenvalue weighted by molar-refractivity contribution is 7.80. The molecule has 3 aromatic rings. The van der Waals surface area contributed by atoms with E-state index in [2.05, 4.69) is 58.0 Å². The normalized spacial score (nSPS) is 17.7. The predicted octanol–water partition coefficient (Wildman–Crippen LogP) is 5.14. The van der Waals surface area contributed by atoms with Gasteiger partial charge in [-0.3, -0.25) is 9.78 Å². The number of aryl methyl sites for hydroxylation is 3. The number of rotatable bonds is 7. The van der Waals surface area contributed by atoms with Crippen molar-refractivity contribution in [3.8, 4) is 0 Å². The molecule has 4 rings (SSSR count). The number of nitrogens with one attached hydrogen (secondary N) is 2. The van der Waals surface area contributed by atoms with Crippen LogP contribution in [0.4, 0.5) is 5.69 Å². The summed E-state index contributed by atoms with van der Waals surface area (Å²) in [5.74, 6) is -0.0180. The molecule has 1 fully saturated rings. The van der Waals surface area contributed by atoms with Gasteiger partial charge in [-0.1, -0.05) is 18.2 Å². The number of carbonyl (C=O) groups excluding carboxylic acids is 1. The van der Waals surface area contributed by atoms with Crippen LogP contribution in [0.5, 0.6) is 0 Å². The zero-order valence-corrected chi connectivity index (χ0v) is 21.4. The maximum atomic E-state index is 12.9. The van der Waals surface area contributed by atoms with E-state index in [0.717, 1.165) is 29.1 Å². The Balaban J connectivity index is 1.60. The standard InChI is InChI=1S/C27H33N5OS/c1-6-31-19(4)16-21(20(31)5)26-25(22-9-7-8-13-28-22)30-27(34)32(26)14-12-24(33)29-23-15-17(2)10-11-18(23)3/h7-11,13,15-16,25-26H,6,12,14H2,1-5H3,(H,29,33)(H,30,34)/t25-,26-/m0/s1. The van der Waals surface area contributed by atoms with Gasteiger partial charge in [0.25, 0.3) is 0 Å². The first-order valence-electron chi connectivity index (χ1n) is 11.8. The molecule has 1 aliphatic heterocycles. The van der Waals surface area contributed by atoms with E-state index in [1.54, 1.807) is 0 Å². The van der Waals surface area contributed by atoms with Crippen LogP contribution in [-0.2, 0) is 11.3 Å². The van der Waals surface area contributed by atoms with Crippen molar-refractivity contribution in [2.45, 2.75) is 59.7 Å². The van der Waals surface area contributed by atoms with Gasteiger partial charge < -0.3 is 20.1 Å². The summed E-state index contributed by atoms with van der Waals surface area (Å²) in [7, 11) is 0. The monoisotopic (exact) mass is 475 g/mol. The van der Waals surface area contributed by atoms with Gasteiger partial charge in [0.15, 0.2) is 5.11 Å². The van der Waals surface area contributed by atoms with Gasteiger partial charge in [0, 0.05) is 42.8 Å². The molecule has 1 amide bonds. The molecule has 0 saturated carbocycles. The van der Waals surface area contributed by atoms with Gasteiger partial charge >= 0.3 is 0 Å². The fourth-order valence-corrected chi connectivity index (χ4v) is 5.24. The highest BCUT2D eigenvalue weighted by Gasteiger charge is 2.41. The Kier molecular flexibility index (Phi) is 7.03. The van der Waals surface area contributed by atoms with Crippen LogP contribution < -0.4 is 10.6 Å². The molecule has 2 N–H and O–H groups in total. The van der Waals surface area contributed by atoms with E-state index in [9.17, 15) is 4.79 Å². The van der Waals surface area contributed by atoms with Crippen molar-refractivity contribution in [3.05, 3.63) is 82.4 Å². The van der Waals surface area contributed by atoms with Gasteiger partial charge in [0.2, 0.25) is 5.91 Å². The van der Waals surface area contributed by atoms with Crippen molar-refractivity contribution in [1.29, 1.82) is 0 Å². The molecule has 0 spiro atoms.